The topological polar surface area (TPSA) is 81.4 Å². The molecule has 2 rings (SSSR count). The Kier molecular flexibility index (Phi) is 4.44. The van der Waals surface area contributed by atoms with Crippen molar-refractivity contribution in [1.82, 2.24) is 4.72 Å². The fourth-order valence-corrected chi connectivity index (χ4v) is 2.44. The van der Waals surface area contributed by atoms with E-state index in [4.69, 9.17) is 10.5 Å². The molecule has 7 heteroatoms. The first kappa shape index (κ1) is 15.3. The molecule has 0 saturated heterocycles. The van der Waals surface area contributed by atoms with Gasteiger partial charge in [0.25, 0.3) is 0 Å². The molecule has 112 valence electrons. The highest BCUT2D eigenvalue weighted by atomic mass is 32.2. The normalized spacial score (nSPS) is 11.3. The Bertz CT molecular complexity index is 748. The third-order valence-electron chi connectivity index (χ3n) is 2.91. The minimum Gasteiger partial charge on any atom is -0.487 e. The molecule has 0 aliphatic carbocycles. The van der Waals surface area contributed by atoms with Crippen molar-refractivity contribution in [1.29, 1.82) is 0 Å². The average Bonchev–Trinajstić information content (AvgIpc) is 2.47. The van der Waals surface area contributed by atoms with Crippen molar-refractivity contribution in [2.75, 3.05) is 12.8 Å². The third kappa shape index (κ3) is 3.50. The Balaban J connectivity index is 2.24. The Morgan fingerprint density at radius 2 is 1.95 bits per heavy atom. The van der Waals surface area contributed by atoms with Gasteiger partial charge in [-0.3, -0.25) is 0 Å². The maximum absolute atomic E-state index is 13.5. The van der Waals surface area contributed by atoms with E-state index >= 15 is 0 Å². The molecule has 0 aromatic heterocycles. The zero-order valence-electron chi connectivity index (χ0n) is 11.3. The largest absolute Gasteiger partial charge is 0.487 e. The molecule has 0 radical (unpaired) electrons. The number of hydrogen-bond acceptors (Lipinski definition) is 4. The van der Waals surface area contributed by atoms with Crippen molar-refractivity contribution in [2.24, 2.45) is 0 Å². The summed E-state index contributed by atoms with van der Waals surface area (Å²) in [6, 6.07) is 10.3. The molecular formula is C14H15FN2O3S. The summed E-state index contributed by atoms with van der Waals surface area (Å²) in [5.74, 6) is -0.204. The second-order valence-electron chi connectivity index (χ2n) is 4.29. The monoisotopic (exact) mass is 310 g/mol. The lowest BCUT2D eigenvalue weighted by atomic mass is 10.2. The summed E-state index contributed by atoms with van der Waals surface area (Å²) in [5, 5.41) is 0. The number of nitrogens with one attached hydrogen (secondary N) is 1. The van der Waals surface area contributed by atoms with Gasteiger partial charge in [0.2, 0.25) is 10.0 Å². The first-order chi connectivity index (χ1) is 9.94. The van der Waals surface area contributed by atoms with Crippen molar-refractivity contribution >= 4 is 15.7 Å². The predicted molar refractivity (Wildman–Crippen MR) is 77.8 cm³/mol. The van der Waals surface area contributed by atoms with Crippen LogP contribution in [0.1, 0.15) is 5.56 Å². The lowest BCUT2D eigenvalue weighted by molar-refractivity contribution is 0.300. The van der Waals surface area contributed by atoms with E-state index in [2.05, 4.69) is 4.72 Å². The van der Waals surface area contributed by atoms with Gasteiger partial charge >= 0.3 is 0 Å². The SMILES string of the molecule is CNS(=O)(=O)c1ccc(N)c(OCc2ccccc2F)c1. The second-order valence-corrected chi connectivity index (χ2v) is 6.17. The predicted octanol–water partition coefficient (Wildman–Crippen LogP) is 1.89. The number of ether oxygens (including phenoxy) is 1. The van der Waals surface area contributed by atoms with Gasteiger partial charge in [-0.1, -0.05) is 18.2 Å². The maximum atomic E-state index is 13.5. The summed E-state index contributed by atoms with van der Waals surface area (Å²) < 4.78 is 44.6. The standard InChI is InChI=1S/C14H15FN2O3S/c1-17-21(18,19)11-6-7-13(16)14(8-11)20-9-10-4-2-3-5-12(10)15/h2-8,17H,9,16H2,1H3. The fourth-order valence-electron chi connectivity index (χ4n) is 1.70. The molecule has 0 heterocycles. The summed E-state index contributed by atoms with van der Waals surface area (Å²) in [5.41, 5.74) is 6.38. The first-order valence-corrected chi connectivity index (χ1v) is 7.61. The summed E-state index contributed by atoms with van der Waals surface area (Å²) in [4.78, 5) is 0.0303. The number of sulfonamides is 1. The molecule has 2 aromatic rings. The highest BCUT2D eigenvalue weighted by molar-refractivity contribution is 7.89. The quantitative estimate of drug-likeness (QED) is 0.826. The van der Waals surface area contributed by atoms with Gasteiger partial charge in [0.15, 0.2) is 0 Å². The lowest BCUT2D eigenvalue weighted by Gasteiger charge is -2.11. The van der Waals surface area contributed by atoms with Crippen molar-refractivity contribution in [3.8, 4) is 5.75 Å². The van der Waals surface area contributed by atoms with E-state index in [1.54, 1.807) is 18.2 Å². The van der Waals surface area contributed by atoms with Crippen LogP contribution >= 0.6 is 0 Å². The van der Waals surface area contributed by atoms with Gasteiger partial charge in [-0.25, -0.2) is 17.5 Å². The van der Waals surface area contributed by atoms with E-state index in [9.17, 15) is 12.8 Å². The molecule has 0 saturated carbocycles. The van der Waals surface area contributed by atoms with Crippen LogP contribution in [0.3, 0.4) is 0 Å². The molecule has 0 bridgehead atoms. The highest BCUT2D eigenvalue weighted by Crippen LogP contribution is 2.26. The summed E-state index contributed by atoms with van der Waals surface area (Å²) >= 11 is 0. The van der Waals surface area contributed by atoms with Gasteiger partial charge in [-0.2, -0.15) is 0 Å². The van der Waals surface area contributed by atoms with Crippen LogP contribution in [-0.4, -0.2) is 15.5 Å². The zero-order chi connectivity index (χ0) is 15.5. The Morgan fingerprint density at radius 1 is 1.24 bits per heavy atom. The molecule has 5 nitrogen and oxygen atoms in total. The molecule has 0 unspecified atom stereocenters. The van der Waals surface area contributed by atoms with Crippen LogP contribution in [0.15, 0.2) is 47.4 Å². The van der Waals surface area contributed by atoms with E-state index in [1.807, 2.05) is 0 Å². The number of anilines is 1. The minimum absolute atomic E-state index is 0.0303. The van der Waals surface area contributed by atoms with E-state index in [0.717, 1.165) is 0 Å². The minimum atomic E-state index is -3.59. The number of nitrogen functional groups attached to an aromatic ring is 1. The summed E-state index contributed by atoms with van der Waals surface area (Å²) in [6.45, 7) is -0.0417. The van der Waals surface area contributed by atoms with Crippen LogP contribution < -0.4 is 15.2 Å². The Hall–Kier alpha value is -2.12. The number of nitrogens with two attached hydrogens (primary N) is 1. The number of halogens is 1. The summed E-state index contributed by atoms with van der Waals surface area (Å²) in [6.07, 6.45) is 0. The first-order valence-electron chi connectivity index (χ1n) is 6.13. The van der Waals surface area contributed by atoms with E-state index < -0.39 is 15.8 Å². The zero-order valence-corrected chi connectivity index (χ0v) is 12.2. The number of rotatable bonds is 5. The Labute approximate surface area is 122 Å². The molecule has 3 N–H and O–H groups in total. The van der Waals surface area contributed by atoms with Gasteiger partial charge < -0.3 is 10.5 Å². The smallest absolute Gasteiger partial charge is 0.240 e. The molecular weight excluding hydrogens is 295 g/mol. The van der Waals surface area contributed by atoms with Crippen molar-refractivity contribution in [3.63, 3.8) is 0 Å². The lowest BCUT2D eigenvalue weighted by Crippen LogP contribution is -2.18. The number of hydrogen-bond donors (Lipinski definition) is 2. The molecule has 0 aliphatic heterocycles. The second kappa shape index (κ2) is 6.11. The van der Waals surface area contributed by atoms with Gasteiger partial charge in [-0.15, -0.1) is 0 Å². The van der Waals surface area contributed by atoms with Crippen molar-refractivity contribution < 1.29 is 17.5 Å². The van der Waals surface area contributed by atoms with E-state index in [0.29, 0.717) is 5.56 Å². The van der Waals surface area contributed by atoms with Crippen LogP contribution in [0.2, 0.25) is 0 Å². The van der Waals surface area contributed by atoms with Gasteiger partial charge in [0.05, 0.1) is 10.6 Å². The van der Waals surface area contributed by atoms with Crippen LogP contribution in [0.25, 0.3) is 0 Å². The van der Waals surface area contributed by atoms with Crippen LogP contribution in [0.5, 0.6) is 5.75 Å². The highest BCUT2D eigenvalue weighted by Gasteiger charge is 2.14. The third-order valence-corrected chi connectivity index (χ3v) is 4.32. The molecule has 0 spiro atoms. The van der Waals surface area contributed by atoms with E-state index in [1.165, 1.54) is 31.3 Å². The Morgan fingerprint density at radius 3 is 2.62 bits per heavy atom. The molecule has 0 aliphatic rings. The van der Waals surface area contributed by atoms with Crippen LogP contribution in [0.4, 0.5) is 10.1 Å². The summed E-state index contributed by atoms with van der Waals surface area (Å²) in [7, 11) is -2.28. The maximum Gasteiger partial charge on any atom is 0.240 e. The van der Waals surface area contributed by atoms with Crippen molar-refractivity contribution in [2.45, 2.75) is 11.5 Å². The molecule has 0 fully saturated rings. The average molecular weight is 310 g/mol. The van der Waals surface area contributed by atoms with Crippen molar-refractivity contribution in [3.05, 3.63) is 53.8 Å². The number of benzene rings is 2. The van der Waals surface area contributed by atoms with Crippen LogP contribution in [0, 0.1) is 5.82 Å². The van der Waals surface area contributed by atoms with Gasteiger partial charge in [0, 0.05) is 11.6 Å². The van der Waals surface area contributed by atoms with Gasteiger partial charge in [0.1, 0.15) is 18.2 Å². The van der Waals surface area contributed by atoms with Gasteiger partial charge in [-0.05, 0) is 25.2 Å². The molecule has 21 heavy (non-hydrogen) atoms. The fraction of sp³-hybridized carbons (Fsp3) is 0.143. The molecule has 2 aromatic carbocycles. The molecule has 0 amide bonds. The van der Waals surface area contributed by atoms with E-state index in [-0.39, 0.29) is 22.9 Å². The van der Waals surface area contributed by atoms with Crippen LogP contribution in [-0.2, 0) is 16.6 Å². The molecule has 0 atom stereocenters.